The number of amides is 2. The molecule has 0 aromatic heterocycles. The van der Waals surface area contributed by atoms with Crippen molar-refractivity contribution >= 4 is 35.1 Å². The topological polar surface area (TPSA) is 105 Å². The Morgan fingerprint density at radius 1 is 1.39 bits per heavy atom. The van der Waals surface area contributed by atoms with Crippen molar-refractivity contribution in [3.63, 3.8) is 0 Å². The van der Waals surface area contributed by atoms with Gasteiger partial charge in [0.05, 0.1) is 47.9 Å². The summed E-state index contributed by atoms with van der Waals surface area (Å²) in [5.41, 5.74) is -0.708. The van der Waals surface area contributed by atoms with Crippen molar-refractivity contribution in [1.29, 1.82) is 0 Å². The zero-order valence-corrected chi connectivity index (χ0v) is 18.3. The summed E-state index contributed by atoms with van der Waals surface area (Å²) in [4.78, 5) is 41.3. The molecule has 0 aliphatic carbocycles. The molecule has 8 nitrogen and oxygen atoms in total. The van der Waals surface area contributed by atoms with Crippen LogP contribution in [0, 0.1) is 11.8 Å². The minimum Gasteiger partial charge on any atom is -0.466 e. The van der Waals surface area contributed by atoms with Gasteiger partial charge in [0.15, 0.2) is 0 Å². The molecule has 0 saturated carbocycles. The molecule has 2 amide bonds. The lowest BCUT2D eigenvalue weighted by Crippen LogP contribution is -2.56. The predicted octanol–water partition coefficient (Wildman–Crippen LogP) is 1.99. The average Bonchev–Trinajstić information content (AvgIpc) is 3.39. The molecule has 31 heavy (non-hydrogen) atoms. The molecule has 2 N–H and O–H groups in total. The van der Waals surface area contributed by atoms with Crippen molar-refractivity contribution in [2.24, 2.45) is 11.8 Å². The van der Waals surface area contributed by atoms with Gasteiger partial charge in [0, 0.05) is 0 Å². The first-order valence-electron chi connectivity index (χ1n) is 10.7. The fraction of sp³-hybridized carbons (Fsp3) is 0.591. The average molecular weight is 451 g/mol. The van der Waals surface area contributed by atoms with Crippen molar-refractivity contribution in [2.45, 2.75) is 56.9 Å². The van der Waals surface area contributed by atoms with Crippen molar-refractivity contribution < 1.29 is 29.0 Å². The molecule has 9 heteroatoms. The molecule has 3 saturated heterocycles. The molecule has 0 radical (unpaired) electrons. The summed E-state index contributed by atoms with van der Waals surface area (Å²) in [6.07, 6.45) is 1.03. The normalized spacial score (nSPS) is 32.1. The highest BCUT2D eigenvalue weighted by atomic mass is 35.5. The molecule has 0 unspecified atom stereocenters. The van der Waals surface area contributed by atoms with Gasteiger partial charge in [-0.15, -0.1) is 0 Å². The van der Waals surface area contributed by atoms with E-state index in [9.17, 15) is 19.5 Å². The number of likely N-dealkylation sites (tertiary alicyclic amines) is 1. The van der Waals surface area contributed by atoms with Gasteiger partial charge in [-0.1, -0.05) is 30.7 Å². The van der Waals surface area contributed by atoms with Crippen LogP contribution < -0.4 is 5.32 Å². The third-order valence-electron chi connectivity index (χ3n) is 6.75. The highest BCUT2D eigenvalue weighted by Gasteiger charge is 2.75. The van der Waals surface area contributed by atoms with Crippen LogP contribution in [-0.2, 0) is 23.9 Å². The minimum absolute atomic E-state index is 0.199. The number of aliphatic hydroxyl groups is 1. The van der Waals surface area contributed by atoms with Gasteiger partial charge in [-0.3, -0.25) is 14.4 Å². The number of carbonyl (C=O) groups excluding carboxylic acids is 3. The quantitative estimate of drug-likeness (QED) is 0.615. The van der Waals surface area contributed by atoms with Crippen LogP contribution in [0.3, 0.4) is 0 Å². The lowest BCUT2D eigenvalue weighted by atomic mass is 9.70. The molecule has 4 rings (SSSR count). The lowest BCUT2D eigenvalue weighted by molar-refractivity contribution is -0.155. The van der Waals surface area contributed by atoms with E-state index in [-0.39, 0.29) is 19.1 Å². The van der Waals surface area contributed by atoms with Crippen LogP contribution in [-0.4, -0.2) is 64.8 Å². The van der Waals surface area contributed by atoms with Gasteiger partial charge < -0.3 is 24.8 Å². The number of ether oxygens (including phenoxy) is 2. The van der Waals surface area contributed by atoms with Crippen molar-refractivity contribution in [3.8, 4) is 0 Å². The van der Waals surface area contributed by atoms with Crippen LogP contribution in [0.15, 0.2) is 24.3 Å². The number of benzene rings is 1. The number of halogens is 1. The fourth-order valence-electron chi connectivity index (χ4n) is 5.47. The number of fused-ring (bicyclic) bond motifs is 1. The Balaban J connectivity index is 1.74. The maximum atomic E-state index is 13.6. The van der Waals surface area contributed by atoms with E-state index in [0.29, 0.717) is 30.0 Å². The summed E-state index contributed by atoms with van der Waals surface area (Å²) in [7, 11) is 0. The van der Waals surface area contributed by atoms with Gasteiger partial charge in [-0.05, 0) is 38.3 Å². The van der Waals surface area contributed by atoms with E-state index < -0.39 is 47.5 Å². The number of hydrogen-bond donors (Lipinski definition) is 2. The Hall–Kier alpha value is -2.16. The Kier molecular flexibility index (Phi) is 5.98. The monoisotopic (exact) mass is 450 g/mol. The van der Waals surface area contributed by atoms with Gasteiger partial charge in [-0.2, -0.15) is 0 Å². The van der Waals surface area contributed by atoms with E-state index in [1.807, 2.05) is 6.92 Å². The standard InChI is InChI=1S/C22H27ClN2O6/c1-3-12(11-26)25-18(19(27)24-14-8-6-5-7-13(14)23)22-10-9-15(31-22)16(17(22)20(25)28)21(29)30-4-2/h5-8,12,15-18,26H,3-4,9-11H2,1-2H3,(H,24,27)/t12-,15-,16+,17+,18-,22+/m0/s1. The number of hydrogen-bond acceptors (Lipinski definition) is 6. The van der Waals surface area contributed by atoms with E-state index in [1.54, 1.807) is 31.2 Å². The van der Waals surface area contributed by atoms with Crippen molar-refractivity contribution in [3.05, 3.63) is 29.3 Å². The molecule has 1 spiro atoms. The minimum atomic E-state index is -1.13. The van der Waals surface area contributed by atoms with Crippen molar-refractivity contribution in [2.75, 3.05) is 18.5 Å². The summed E-state index contributed by atoms with van der Waals surface area (Å²) in [6.45, 7) is 3.45. The second-order valence-corrected chi connectivity index (χ2v) is 8.67. The molecular formula is C22H27ClN2O6. The van der Waals surface area contributed by atoms with Crippen LogP contribution >= 0.6 is 11.6 Å². The van der Waals surface area contributed by atoms with Gasteiger partial charge in [0.1, 0.15) is 11.6 Å². The number of rotatable bonds is 7. The number of carbonyl (C=O) groups is 3. The maximum Gasteiger partial charge on any atom is 0.312 e. The zero-order valence-electron chi connectivity index (χ0n) is 17.5. The molecule has 3 heterocycles. The molecule has 3 fully saturated rings. The molecule has 3 aliphatic heterocycles. The highest BCUT2D eigenvalue weighted by Crippen LogP contribution is 2.59. The summed E-state index contributed by atoms with van der Waals surface area (Å²) in [5.74, 6) is -2.83. The summed E-state index contributed by atoms with van der Waals surface area (Å²) in [6, 6.07) is 5.28. The SMILES string of the molecule is CCOC(=O)[C@@H]1[C@@H]2CC[C@]3(O2)[C@H](C(=O)Nc2ccccc2Cl)N([C@@H](CC)CO)C(=O)[C@@H]13. The number of esters is 1. The second-order valence-electron chi connectivity index (χ2n) is 8.27. The molecule has 1 aromatic carbocycles. The number of para-hydroxylation sites is 1. The largest absolute Gasteiger partial charge is 0.466 e. The Morgan fingerprint density at radius 2 is 2.13 bits per heavy atom. The first kappa shape index (κ1) is 22.0. The third kappa shape index (κ3) is 3.32. The van der Waals surface area contributed by atoms with Gasteiger partial charge >= 0.3 is 5.97 Å². The number of aliphatic hydroxyl groups excluding tert-OH is 1. The van der Waals surface area contributed by atoms with Gasteiger partial charge in [0.2, 0.25) is 11.8 Å². The number of nitrogens with zero attached hydrogens (tertiary/aromatic N) is 1. The van der Waals surface area contributed by atoms with Crippen LogP contribution in [0.1, 0.15) is 33.1 Å². The Morgan fingerprint density at radius 3 is 2.77 bits per heavy atom. The zero-order chi connectivity index (χ0) is 22.3. The number of anilines is 1. The lowest BCUT2D eigenvalue weighted by Gasteiger charge is -2.36. The predicted molar refractivity (Wildman–Crippen MR) is 112 cm³/mol. The molecule has 1 aromatic rings. The highest BCUT2D eigenvalue weighted by molar-refractivity contribution is 6.33. The summed E-state index contributed by atoms with van der Waals surface area (Å²) < 4.78 is 11.5. The van der Waals surface area contributed by atoms with Crippen LogP contribution in [0.2, 0.25) is 5.02 Å². The summed E-state index contributed by atoms with van der Waals surface area (Å²) >= 11 is 6.22. The van der Waals surface area contributed by atoms with Crippen LogP contribution in [0.25, 0.3) is 0 Å². The van der Waals surface area contributed by atoms with Gasteiger partial charge in [0.25, 0.3) is 0 Å². The second kappa shape index (κ2) is 8.41. The first-order valence-corrected chi connectivity index (χ1v) is 11.1. The fourth-order valence-corrected chi connectivity index (χ4v) is 5.65. The first-order chi connectivity index (χ1) is 14.9. The molecule has 168 valence electrons. The van der Waals surface area contributed by atoms with E-state index in [1.165, 1.54) is 4.90 Å². The maximum absolute atomic E-state index is 13.6. The van der Waals surface area contributed by atoms with Crippen molar-refractivity contribution in [1.82, 2.24) is 4.90 Å². The van der Waals surface area contributed by atoms with Crippen LogP contribution in [0.5, 0.6) is 0 Å². The summed E-state index contributed by atoms with van der Waals surface area (Å²) in [5, 5.41) is 13.1. The van der Waals surface area contributed by atoms with E-state index >= 15 is 0 Å². The molecule has 6 atom stereocenters. The molecular weight excluding hydrogens is 424 g/mol. The van der Waals surface area contributed by atoms with E-state index in [0.717, 1.165) is 0 Å². The molecule has 3 aliphatic rings. The number of nitrogens with one attached hydrogen (secondary N) is 1. The molecule has 2 bridgehead atoms. The van der Waals surface area contributed by atoms with Gasteiger partial charge in [-0.25, -0.2) is 0 Å². The Bertz CT molecular complexity index is 891. The smallest absolute Gasteiger partial charge is 0.312 e. The van der Waals surface area contributed by atoms with E-state index in [2.05, 4.69) is 5.32 Å². The van der Waals surface area contributed by atoms with Crippen LogP contribution in [0.4, 0.5) is 5.69 Å². The third-order valence-corrected chi connectivity index (χ3v) is 7.08. The van der Waals surface area contributed by atoms with E-state index in [4.69, 9.17) is 21.1 Å². The Labute approximate surface area is 185 Å².